The lowest BCUT2D eigenvalue weighted by atomic mass is 10.2. The molecule has 0 unspecified atom stereocenters. The molecular formula is C12H8F3N9. The summed E-state index contributed by atoms with van der Waals surface area (Å²) in [5.74, 6) is -0.997. The Morgan fingerprint density at radius 1 is 1.17 bits per heavy atom. The number of rotatable bonds is 2. The van der Waals surface area contributed by atoms with Gasteiger partial charge < -0.3 is 10.7 Å². The number of nitrogens with one attached hydrogen (secondary N) is 2. The molecule has 0 bridgehead atoms. The van der Waals surface area contributed by atoms with E-state index in [9.17, 15) is 13.2 Å². The highest BCUT2D eigenvalue weighted by Crippen LogP contribution is 2.32. The number of hydrogen-bond acceptors (Lipinski definition) is 6. The predicted octanol–water partition coefficient (Wildman–Crippen LogP) is 1.51. The van der Waals surface area contributed by atoms with E-state index in [1.807, 2.05) is 5.10 Å². The Hall–Kier alpha value is -3.44. The number of nitrogens with two attached hydrogens (primary N) is 1. The number of anilines is 1. The lowest BCUT2D eigenvalue weighted by molar-refractivity contribution is -0.144. The molecule has 0 atom stereocenters. The molecule has 0 spiro atoms. The number of nitrogen functional groups attached to an aromatic ring is 1. The summed E-state index contributed by atoms with van der Waals surface area (Å²) in [5.41, 5.74) is 6.68. The Balaban J connectivity index is 1.98. The van der Waals surface area contributed by atoms with Gasteiger partial charge in [-0.25, -0.2) is 15.0 Å². The van der Waals surface area contributed by atoms with Crippen LogP contribution in [0.5, 0.6) is 0 Å². The van der Waals surface area contributed by atoms with Gasteiger partial charge in [0, 0.05) is 6.20 Å². The van der Waals surface area contributed by atoms with E-state index < -0.39 is 12.0 Å². The first-order valence-corrected chi connectivity index (χ1v) is 6.57. The Morgan fingerprint density at radius 2 is 2.00 bits per heavy atom. The van der Waals surface area contributed by atoms with Gasteiger partial charge in [0.2, 0.25) is 17.4 Å². The van der Waals surface area contributed by atoms with Crippen molar-refractivity contribution in [3.8, 4) is 22.9 Å². The van der Waals surface area contributed by atoms with Crippen molar-refractivity contribution >= 4 is 11.6 Å². The summed E-state index contributed by atoms with van der Waals surface area (Å²) in [4.78, 5) is 18.5. The molecule has 0 radical (unpaired) electrons. The van der Waals surface area contributed by atoms with Gasteiger partial charge in [-0.3, -0.25) is 9.50 Å². The van der Waals surface area contributed by atoms with Crippen LogP contribution in [0, 0.1) is 0 Å². The fourth-order valence-corrected chi connectivity index (χ4v) is 2.24. The minimum absolute atomic E-state index is 0.115. The first kappa shape index (κ1) is 14.2. The second-order valence-electron chi connectivity index (χ2n) is 4.80. The third-order valence-corrected chi connectivity index (χ3v) is 3.24. The van der Waals surface area contributed by atoms with Gasteiger partial charge in [0.25, 0.3) is 0 Å². The minimum atomic E-state index is -4.64. The summed E-state index contributed by atoms with van der Waals surface area (Å²) in [5, 5.41) is 5.48. The van der Waals surface area contributed by atoms with Crippen molar-refractivity contribution in [2.24, 2.45) is 0 Å². The highest BCUT2D eigenvalue weighted by Gasteiger charge is 2.36. The summed E-state index contributed by atoms with van der Waals surface area (Å²) >= 11 is 0. The largest absolute Gasteiger partial charge is 0.451 e. The highest BCUT2D eigenvalue weighted by atomic mass is 19.4. The molecule has 0 aliphatic heterocycles. The van der Waals surface area contributed by atoms with Crippen LogP contribution in [0.2, 0.25) is 0 Å². The molecule has 0 aliphatic carbocycles. The molecule has 122 valence electrons. The molecular weight excluding hydrogens is 327 g/mol. The van der Waals surface area contributed by atoms with E-state index in [1.165, 1.54) is 18.6 Å². The van der Waals surface area contributed by atoms with Gasteiger partial charge in [-0.15, -0.1) is 0 Å². The van der Waals surface area contributed by atoms with Crippen LogP contribution in [0.3, 0.4) is 0 Å². The summed E-state index contributed by atoms with van der Waals surface area (Å²) in [6.45, 7) is 0. The van der Waals surface area contributed by atoms with Gasteiger partial charge >= 0.3 is 6.18 Å². The van der Waals surface area contributed by atoms with Gasteiger partial charge in [-0.2, -0.15) is 23.3 Å². The lowest BCUT2D eigenvalue weighted by Gasteiger charge is -2.00. The van der Waals surface area contributed by atoms with Gasteiger partial charge in [0.05, 0.1) is 18.2 Å². The van der Waals surface area contributed by atoms with Crippen LogP contribution in [-0.2, 0) is 6.18 Å². The van der Waals surface area contributed by atoms with Gasteiger partial charge in [0.15, 0.2) is 0 Å². The molecule has 4 rings (SSSR count). The summed E-state index contributed by atoms with van der Waals surface area (Å²) in [7, 11) is 0. The number of aromatic amines is 2. The summed E-state index contributed by atoms with van der Waals surface area (Å²) in [6.07, 6.45) is -0.105. The number of imidazole rings is 2. The van der Waals surface area contributed by atoms with Crippen LogP contribution in [0.25, 0.3) is 28.7 Å². The maximum atomic E-state index is 12.7. The standard InChI is InChI=1S/C12H8F3N9/c13-12(14,15)10-21-9(22-23-10)7-8(5-3-17-4-18-5)24-2-1-6(16)19-11(24)20-7/h1-4H,(H,17,18)(H2,16,19,20)(H,21,22,23). The van der Waals surface area contributed by atoms with E-state index in [1.54, 1.807) is 10.6 Å². The molecule has 4 heterocycles. The van der Waals surface area contributed by atoms with E-state index in [-0.39, 0.29) is 23.1 Å². The van der Waals surface area contributed by atoms with Gasteiger partial charge in [-0.05, 0) is 6.07 Å². The average molecular weight is 335 g/mol. The number of halogens is 3. The van der Waals surface area contributed by atoms with Crippen molar-refractivity contribution in [1.29, 1.82) is 0 Å². The van der Waals surface area contributed by atoms with E-state index in [4.69, 9.17) is 5.73 Å². The minimum Gasteiger partial charge on any atom is -0.384 e. The van der Waals surface area contributed by atoms with Crippen molar-refractivity contribution in [2.45, 2.75) is 6.18 Å². The molecule has 24 heavy (non-hydrogen) atoms. The maximum Gasteiger partial charge on any atom is 0.451 e. The van der Waals surface area contributed by atoms with Crippen LogP contribution < -0.4 is 5.73 Å². The second-order valence-corrected chi connectivity index (χ2v) is 4.80. The van der Waals surface area contributed by atoms with Crippen molar-refractivity contribution in [2.75, 3.05) is 5.73 Å². The molecule has 9 nitrogen and oxygen atoms in total. The maximum absolute atomic E-state index is 12.7. The molecule has 0 fully saturated rings. The summed E-state index contributed by atoms with van der Waals surface area (Å²) < 4.78 is 39.8. The van der Waals surface area contributed by atoms with Gasteiger partial charge in [0.1, 0.15) is 17.2 Å². The Morgan fingerprint density at radius 3 is 2.67 bits per heavy atom. The van der Waals surface area contributed by atoms with Crippen LogP contribution >= 0.6 is 0 Å². The van der Waals surface area contributed by atoms with E-state index in [0.717, 1.165) is 0 Å². The second kappa shape index (κ2) is 4.78. The SMILES string of the molecule is Nc1ccn2c(-c3cnc[nH]3)c(-c3n[nH]c(C(F)(F)F)n3)nc2n1. The Kier molecular flexibility index (Phi) is 2.82. The quantitative estimate of drug-likeness (QED) is 0.509. The predicted molar refractivity (Wildman–Crippen MR) is 75.4 cm³/mol. The highest BCUT2D eigenvalue weighted by molar-refractivity contribution is 5.76. The molecule has 0 amide bonds. The number of fused-ring (bicyclic) bond motifs is 1. The molecule has 0 aliphatic rings. The number of hydrogen-bond donors (Lipinski definition) is 3. The van der Waals surface area contributed by atoms with E-state index in [2.05, 4.69) is 30.0 Å². The molecule has 0 aromatic carbocycles. The smallest absolute Gasteiger partial charge is 0.384 e. The zero-order valence-corrected chi connectivity index (χ0v) is 11.7. The van der Waals surface area contributed by atoms with Gasteiger partial charge in [-0.1, -0.05) is 0 Å². The van der Waals surface area contributed by atoms with E-state index >= 15 is 0 Å². The summed E-state index contributed by atoms with van der Waals surface area (Å²) in [6, 6.07) is 1.54. The Labute approximate surface area is 130 Å². The van der Waals surface area contributed by atoms with Crippen molar-refractivity contribution in [3.05, 3.63) is 30.6 Å². The first-order chi connectivity index (χ1) is 11.4. The van der Waals surface area contributed by atoms with Crippen LogP contribution in [0.1, 0.15) is 5.82 Å². The zero-order valence-electron chi connectivity index (χ0n) is 11.7. The fourth-order valence-electron chi connectivity index (χ4n) is 2.24. The monoisotopic (exact) mass is 335 g/mol. The molecule has 12 heteroatoms. The van der Waals surface area contributed by atoms with E-state index in [0.29, 0.717) is 11.4 Å². The molecule has 0 saturated carbocycles. The number of H-pyrrole nitrogens is 2. The average Bonchev–Trinajstić information content (AvgIpc) is 3.24. The molecule has 4 N–H and O–H groups in total. The number of nitrogens with zero attached hydrogens (tertiary/aromatic N) is 6. The van der Waals surface area contributed by atoms with Crippen LogP contribution in [-0.4, -0.2) is 39.5 Å². The van der Waals surface area contributed by atoms with Crippen LogP contribution in [0.15, 0.2) is 24.8 Å². The normalized spacial score (nSPS) is 12.1. The van der Waals surface area contributed by atoms with Crippen molar-refractivity contribution in [3.63, 3.8) is 0 Å². The lowest BCUT2D eigenvalue weighted by Crippen LogP contribution is -2.07. The molecule has 4 aromatic rings. The first-order valence-electron chi connectivity index (χ1n) is 6.57. The zero-order chi connectivity index (χ0) is 16.9. The van der Waals surface area contributed by atoms with Crippen molar-refractivity contribution < 1.29 is 13.2 Å². The third-order valence-electron chi connectivity index (χ3n) is 3.24. The Bertz CT molecular complexity index is 1010. The molecule has 4 aromatic heterocycles. The fraction of sp³-hybridized carbons (Fsp3) is 0.0833. The molecule has 0 saturated heterocycles. The number of alkyl halides is 3. The van der Waals surface area contributed by atoms with Crippen LogP contribution in [0.4, 0.5) is 19.0 Å². The topological polar surface area (TPSA) is 126 Å². The van der Waals surface area contributed by atoms with Crippen molar-refractivity contribution in [1.82, 2.24) is 39.5 Å². The third kappa shape index (κ3) is 2.15. The number of aromatic nitrogens is 8.